The fraction of sp³-hybridized carbons (Fsp3) is 0.333. The number of carbonyl (C=O) groups excluding carboxylic acids is 2. The Morgan fingerprint density at radius 1 is 1.06 bits per heavy atom. The lowest BCUT2D eigenvalue weighted by molar-refractivity contribution is -0.140. The predicted octanol–water partition coefficient (Wildman–Crippen LogP) is 3.46. The number of amides is 2. The third-order valence-electron chi connectivity index (χ3n) is 6.83. The van der Waals surface area contributed by atoms with Gasteiger partial charge in [-0.1, -0.05) is 23.8 Å². The molecule has 35 heavy (non-hydrogen) atoms. The highest BCUT2D eigenvalue weighted by Gasteiger charge is 2.42. The van der Waals surface area contributed by atoms with E-state index in [1.807, 2.05) is 59.2 Å². The first kappa shape index (κ1) is 23.0. The van der Waals surface area contributed by atoms with Crippen molar-refractivity contribution < 1.29 is 14.3 Å². The Balaban J connectivity index is 1.30. The smallest absolute Gasteiger partial charge is 0.272 e. The van der Waals surface area contributed by atoms with Crippen molar-refractivity contribution in [2.24, 2.45) is 0 Å². The molecule has 8 nitrogen and oxygen atoms in total. The second kappa shape index (κ2) is 9.46. The highest BCUT2D eigenvalue weighted by molar-refractivity contribution is 5.95. The first-order valence-electron chi connectivity index (χ1n) is 11.9. The van der Waals surface area contributed by atoms with Crippen molar-refractivity contribution in [3.05, 3.63) is 72.1 Å². The van der Waals surface area contributed by atoms with Crippen LogP contribution in [0.25, 0.3) is 11.3 Å². The fourth-order valence-electron chi connectivity index (χ4n) is 4.78. The van der Waals surface area contributed by atoms with Gasteiger partial charge in [-0.25, -0.2) is 9.97 Å². The summed E-state index contributed by atoms with van der Waals surface area (Å²) < 4.78 is 6.13. The molecule has 1 atom stereocenters. The summed E-state index contributed by atoms with van der Waals surface area (Å²) >= 11 is 0. The monoisotopic (exact) mass is 471 g/mol. The lowest BCUT2D eigenvalue weighted by atomic mass is 9.92. The summed E-state index contributed by atoms with van der Waals surface area (Å²) in [6, 6.07) is 17.0. The average Bonchev–Trinajstić information content (AvgIpc) is 3.09. The summed E-state index contributed by atoms with van der Waals surface area (Å²) in [6.07, 6.45) is 3.90. The number of ether oxygens (including phenoxy) is 1. The molecule has 180 valence electrons. The molecule has 4 heterocycles. The summed E-state index contributed by atoms with van der Waals surface area (Å²) in [5.74, 6) is 0.302. The van der Waals surface area contributed by atoms with E-state index in [1.165, 1.54) is 0 Å². The van der Waals surface area contributed by atoms with Crippen LogP contribution in [-0.4, -0.2) is 58.5 Å². The van der Waals surface area contributed by atoms with E-state index in [0.29, 0.717) is 43.3 Å². The van der Waals surface area contributed by atoms with Gasteiger partial charge in [0.1, 0.15) is 18.1 Å². The first-order chi connectivity index (χ1) is 16.9. The number of anilines is 2. The standard InChI is InChI=1S/C27H29N5O3/c1-19-6-9-21(10-7-19)32-18-27(35-17-25(32)33)12-3-14-31(15-13-27)26(34)23-5-2-4-22(30-23)20-8-11-24(28)29-16-20/h2,4-11,16H,3,12-15,17-18H2,1H3,(H2,28,29). The van der Waals surface area contributed by atoms with E-state index < -0.39 is 5.60 Å². The molecule has 3 aromatic rings. The van der Waals surface area contributed by atoms with Crippen LogP contribution in [0.15, 0.2) is 60.8 Å². The van der Waals surface area contributed by atoms with Gasteiger partial charge in [0.25, 0.3) is 11.8 Å². The minimum atomic E-state index is -0.460. The number of aromatic nitrogens is 2. The number of hydrogen-bond donors (Lipinski definition) is 1. The van der Waals surface area contributed by atoms with Crippen LogP contribution in [0.5, 0.6) is 0 Å². The summed E-state index contributed by atoms with van der Waals surface area (Å²) in [5.41, 5.74) is 9.15. The molecule has 0 radical (unpaired) electrons. The molecule has 2 amide bonds. The third kappa shape index (κ3) is 4.88. The molecule has 5 rings (SSSR count). The van der Waals surface area contributed by atoms with Gasteiger partial charge >= 0.3 is 0 Å². The van der Waals surface area contributed by atoms with Crippen molar-refractivity contribution in [3.8, 4) is 11.3 Å². The van der Waals surface area contributed by atoms with Gasteiger partial charge in [0.05, 0.1) is 17.8 Å². The molecule has 2 aromatic heterocycles. The second-order valence-corrected chi connectivity index (χ2v) is 9.31. The van der Waals surface area contributed by atoms with E-state index in [4.69, 9.17) is 10.5 Å². The number of pyridine rings is 2. The van der Waals surface area contributed by atoms with Crippen LogP contribution >= 0.6 is 0 Å². The Labute approximate surface area is 204 Å². The molecule has 0 aliphatic carbocycles. The molecule has 2 fully saturated rings. The van der Waals surface area contributed by atoms with Gasteiger partial charge < -0.3 is 20.3 Å². The van der Waals surface area contributed by atoms with Crippen molar-refractivity contribution in [1.82, 2.24) is 14.9 Å². The highest BCUT2D eigenvalue weighted by atomic mass is 16.5. The number of nitrogens with two attached hydrogens (primary N) is 1. The molecule has 0 saturated carbocycles. The Morgan fingerprint density at radius 3 is 2.66 bits per heavy atom. The Hall–Kier alpha value is -3.78. The van der Waals surface area contributed by atoms with E-state index in [9.17, 15) is 9.59 Å². The fourth-order valence-corrected chi connectivity index (χ4v) is 4.78. The van der Waals surface area contributed by atoms with Gasteiger partial charge in [-0.2, -0.15) is 0 Å². The van der Waals surface area contributed by atoms with Gasteiger partial charge in [-0.05, 0) is 62.6 Å². The number of morpholine rings is 1. The lowest BCUT2D eigenvalue weighted by Crippen LogP contribution is -2.55. The largest absolute Gasteiger partial charge is 0.384 e. The number of benzene rings is 1. The molecule has 2 aliphatic rings. The van der Waals surface area contributed by atoms with Gasteiger partial charge in [0, 0.05) is 30.5 Å². The van der Waals surface area contributed by atoms with E-state index in [2.05, 4.69) is 9.97 Å². The number of likely N-dealkylation sites (tertiary alicyclic amines) is 1. The Morgan fingerprint density at radius 2 is 1.89 bits per heavy atom. The van der Waals surface area contributed by atoms with Crippen molar-refractivity contribution in [2.45, 2.75) is 31.8 Å². The molecule has 1 spiro atoms. The molecule has 1 unspecified atom stereocenters. The van der Waals surface area contributed by atoms with Gasteiger partial charge in [0.2, 0.25) is 0 Å². The summed E-state index contributed by atoms with van der Waals surface area (Å²) in [7, 11) is 0. The van der Waals surface area contributed by atoms with E-state index in [1.54, 1.807) is 18.3 Å². The number of nitrogen functional groups attached to an aromatic ring is 1. The molecule has 2 saturated heterocycles. The van der Waals surface area contributed by atoms with Crippen molar-refractivity contribution >= 4 is 23.3 Å². The maximum atomic E-state index is 13.4. The molecular weight excluding hydrogens is 442 g/mol. The predicted molar refractivity (Wildman–Crippen MR) is 134 cm³/mol. The first-order valence-corrected chi connectivity index (χ1v) is 11.9. The molecule has 0 bridgehead atoms. The zero-order chi connectivity index (χ0) is 24.4. The third-order valence-corrected chi connectivity index (χ3v) is 6.83. The van der Waals surface area contributed by atoms with Crippen LogP contribution in [0.1, 0.15) is 35.3 Å². The maximum Gasteiger partial charge on any atom is 0.272 e. The summed E-state index contributed by atoms with van der Waals surface area (Å²) in [5, 5.41) is 0. The van der Waals surface area contributed by atoms with Crippen LogP contribution < -0.4 is 10.6 Å². The van der Waals surface area contributed by atoms with Gasteiger partial charge in [-0.15, -0.1) is 0 Å². The molecule has 2 aliphatic heterocycles. The van der Waals surface area contributed by atoms with Crippen LogP contribution in [0.4, 0.5) is 11.5 Å². The summed E-state index contributed by atoms with van der Waals surface area (Å²) in [6.45, 7) is 3.75. The average molecular weight is 472 g/mol. The second-order valence-electron chi connectivity index (χ2n) is 9.31. The molecule has 2 N–H and O–H groups in total. The number of rotatable bonds is 3. The topological polar surface area (TPSA) is 102 Å². The van der Waals surface area contributed by atoms with E-state index in [-0.39, 0.29) is 18.4 Å². The quantitative estimate of drug-likeness (QED) is 0.628. The SMILES string of the molecule is Cc1ccc(N2CC3(CCCN(C(=O)c4cccc(-c5ccc(N)nc5)n4)CC3)OCC2=O)cc1. The molecular formula is C27H29N5O3. The van der Waals surface area contributed by atoms with Crippen LogP contribution in [0.2, 0.25) is 0 Å². The Bertz CT molecular complexity index is 1230. The van der Waals surface area contributed by atoms with Gasteiger partial charge in [0.15, 0.2) is 0 Å². The number of nitrogens with zero attached hydrogens (tertiary/aromatic N) is 4. The Kier molecular flexibility index (Phi) is 6.21. The lowest BCUT2D eigenvalue weighted by Gasteiger charge is -2.42. The molecule has 8 heteroatoms. The normalized spacial score (nSPS) is 20.7. The number of aryl methyl sites for hydroxylation is 1. The van der Waals surface area contributed by atoms with Crippen molar-refractivity contribution in [3.63, 3.8) is 0 Å². The maximum absolute atomic E-state index is 13.4. The highest BCUT2D eigenvalue weighted by Crippen LogP contribution is 2.33. The molecule has 1 aromatic carbocycles. The van der Waals surface area contributed by atoms with E-state index >= 15 is 0 Å². The van der Waals surface area contributed by atoms with Crippen LogP contribution in [0, 0.1) is 6.92 Å². The van der Waals surface area contributed by atoms with Crippen LogP contribution in [0.3, 0.4) is 0 Å². The van der Waals surface area contributed by atoms with E-state index in [0.717, 1.165) is 29.7 Å². The van der Waals surface area contributed by atoms with Crippen molar-refractivity contribution in [2.75, 3.05) is 36.9 Å². The minimum Gasteiger partial charge on any atom is -0.384 e. The number of hydrogen-bond acceptors (Lipinski definition) is 6. The minimum absolute atomic E-state index is 0.0326. The zero-order valence-electron chi connectivity index (χ0n) is 19.8. The van der Waals surface area contributed by atoms with Gasteiger partial charge in [-0.3, -0.25) is 9.59 Å². The van der Waals surface area contributed by atoms with Crippen molar-refractivity contribution in [1.29, 1.82) is 0 Å². The number of carbonyl (C=O) groups is 2. The summed E-state index contributed by atoms with van der Waals surface area (Å²) in [4.78, 5) is 38.4. The van der Waals surface area contributed by atoms with Crippen LogP contribution in [-0.2, 0) is 9.53 Å². The zero-order valence-corrected chi connectivity index (χ0v) is 19.8.